The Morgan fingerprint density at radius 2 is 2.33 bits per heavy atom. The van der Waals surface area contributed by atoms with E-state index >= 15 is 0 Å². The maximum absolute atomic E-state index is 4.74. The second-order valence-electron chi connectivity index (χ2n) is 5.45. The Morgan fingerprint density at radius 1 is 1.38 bits per heavy atom. The van der Waals surface area contributed by atoms with E-state index in [0.29, 0.717) is 12.0 Å². The van der Waals surface area contributed by atoms with Crippen molar-refractivity contribution in [3.63, 3.8) is 0 Å². The van der Waals surface area contributed by atoms with Crippen LogP contribution in [-0.2, 0) is 0 Å². The molecule has 1 N–H and O–H groups in total. The molecule has 0 bridgehead atoms. The van der Waals surface area contributed by atoms with E-state index in [1.54, 1.807) is 23.7 Å². The van der Waals surface area contributed by atoms with Crippen LogP contribution >= 0.6 is 11.3 Å². The average Bonchev–Trinajstić information content (AvgIpc) is 3.08. The maximum atomic E-state index is 4.74. The molecular weight excluding hydrogens is 284 g/mol. The van der Waals surface area contributed by atoms with Gasteiger partial charge in [-0.05, 0) is 37.4 Å². The van der Waals surface area contributed by atoms with E-state index in [1.807, 2.05) is 16.6 Å². The molecule has 3 aromatic rings. The number of pyridine rings is 1. The molecule has 1 aliphatic rings. The van der Waals surface area contributed by atoms with Crippen LogP contribution in [0.5, 0.6) is 0 Å². The van der Waals surface area contributed by atoms with Crippen molar-refractivity contribution in [2.24, 2.45) is 5.92 Å². The van der Waals surface area contributed by atoms with E-state index in [2.05, 4.69) is 27.4 Å². The van der Waals surface area contributed by atoms with Gasteiger partial charge in [0.1, 0.15) is 5.01 Å². The summed E-state index contributed by atoms with van der Waals surface area (Å²) >= 11 is 1.62. The molecule has 0 spiro atoms. The molecule has 1 aliphatic heterocycles. The quantitative estimate of drug-likeness (QED) is 0.786. The Balaban J connectivity index is 1.76. The minimum atomic E-state index is 0.326. The summed E-state index contributed by atoms with van der Waals surface area (Å²) in [7, 11) is 0. The molecule has 0 aliphatic carbocycles. The molecule has 4 rings (SSSR count). The van der Waals surface area contributed by atoms with E-state index in [4.69, 9.17) is 5.10 Å². The van der Waals surface area contributed by atoms with Gasteiger partial charge in [-0.3, -0.25) is 4.98 Å². The number of nitrogens with one attached hydrogen (secondary N) is 1. The molecule has 1 fully saturated rings. The van der Waals surface area contributed by atoms with Crippen molar-refractivity contribution in [1.82, 2.24) is 30.1 Å². The lowest BCUT2D eigenvalue weighted by Crippen LogP contribution is -2.32. The van der Waals surface area contributed by atoms with Crippen LogP contribution in [0.25, 0.3) is 16.3 Å². The van der Waals surface area contributed by atoms with Gasteiger partial charge in [0.15, 0.2) is 5.82 Å². The van der Waals surface area contributed by atoms with Crippen LogP contribution in [0, 0.1) is 5.92 Å². The summed E-state index contributed by atoms with van der Waals surface area (Å²) in [4.78, 5) is 4.97. The highest BCUT2D eigenvalue weighted by atomic mass is 32.1. The molecule has 2 unspecified atom stereocenters. The predicted octanol–water partition coefficient (Wildman–Crippen LogP) is 2.31. The highest BCUT2D eigenvalue weighted by Gasteiger charge is 2.26. The lowest BCUT2D eigenvalue weighted by Gasteiger charge is -2.27. The molecule has 0 radical (unpaired) electrons. The molecule has 6 nitrogen and oxygen atoms in total. The molecule has 7 heteroatoms. The lowest BCUT2D eigenvalue weighted by molar-refractivity contribution is 0.303. The number of piperidine rings is 1. The van der Waals surface area contributed by atoms with Crippen LogP contribution in [0.4, 0.5) is 0 Å². The summed E-state index contributed by atoms with van der Waals surface area (Å²) < 4.78 is 1.83. The van der Waals surface area contributed by atoms with Crippen LogP contribution in [0.3, 0.4) is 0 Å². The molecule has 108 valence electrons. The summed E-state index contributed by atoms with van der Waals surface area (Å²) in [6.45, 7) is 3.34. The van der Waals surface area contributed by atoms with E-state index in [1.165, 1.54) is 12.8 Å². The van der Waals surface area contributed by atoms with Crippen molar-refractivity contribution in [2.75, 3.05) is 6.54 Å². The first kappa shape index (κ1) is 12.8. The van der Waals surface area contributed by atoms with E-state index in [0.717, 1.165) is 27.9 Å². The van der Waals surface area contributed by atoms with Crippen molar-refractivity contribution < 1.29 is 0 Å². The average molecular weight is 300 g/mol. The summed E-state index contributed by atoms with van der Waals surface area (Å²) in [5, 5.41) is 17.9. The van der Waals surface area contributed by atoms with Crippen molar-refractivity contribution in [3.05, 3.63) is 29.5 Å². The summed E-state index contributed by atoms with van der Waals surface area (Å²) in [5.41, 5.74) is 0.937. The van der Waals surface area contributed by atoms with E-state index in [9.17, 15) is 0 Å². The van der Waals surface area contributed by atoms with Gasteiger partial charge < -0.3 is 5.32 Å². The van der Waals surface area contributed by atoms with Gasteiger partial charge in [-0.1, -0.05) is 18.3 Å². The predicted molar refractivity (Wildman–Crippen MR) is 81.0 cm³/mol. The molecule has 1 saturated heterocycles. The van der Waals surface area contributed by atoms with Gasteiger partial charge in [-0.15, -0.1) is 10.2 Å². The van der Waals surface area contributed by atoms with Gasteiger partial charge in [0.2, 0.25) is 4.96 Å². The largest absolute Gasteiger partial charge is 0.308 e. The zero-order valence-electron chi connectivity index (χ0n) is 11.7. The zero-order valence-corrected chi connectivity index (χ0v) is 12.5. The Labute approximate surface area is 126 Å². The first-order valence-electron chi connectivity index (χ1n) is 7.19. The van der Waals surface area contributed by atoms with Crippen LogP contribution in [0.1, 0.15) is 30.8 Å². The topological polar surface area (TPSA) is 68.0 Å². The third-order valence-corrected chi connectivity index (χ3v) is 4.94. The number of aromatic nitrogens is 5. The molecule has 0 amide bonds. The van der Waals surface area contributed by atoms with Gasteiger partial charge in [-0.2, -0.15) is 9.61 Å². The third-order valence-electron chi connectivity index (χ3n) is 3.96. The van der Waals surface area contributed by atoms with Gasteiger partial charge >= 0.3 is 0 Å². The fourth-order valence-electron chi connectivity index (χ4n) is 2.81. The van der Waals surface area contributed by atoms with E-state index in [-0.39, 0.29) is 0 Å². The third kappa shape index (κ3) is 2.22. The first-order chi connectivity index (χ1) is 10.3. The van der Waals surface area contributed by atoms with Gasteiger partial charge in [0.05, 0.1) is 6.04 Å². The fourth-order valence-corrected chi connectivity index (χ4v) is 3.86. The number of hydrogen-bond donors (Lipinski definition) is 1. The summed E-state index contributed by atoms with van der Waals surface area (Å²) in [5.74, 6) is 1.36. The Hall–Kier alpha value is -1.86. The fraction of sp³-hybridized carbons (Fsp3) is 0.429. The molecule has 4 heterocycles. The highest BCUT2D eigenvalue weighted by Crippen LogP contribution is 2.32. The second-order valence-corrected chi connectivity index (χ2v) is 6.44. The first-order valence-corrected chi connectivity index (χ1v) is 8.00. The van der Waals surface area contributed by atoms with Crippen molar-refractivity contribution in [2.45, 2.75) is 25.8 Å². The molecule has 0 saturated carbocycles. The molecular formula is C14H16N6S. The van der Waals surface area contributed by atoms with Crippen molar-refractivity contribution in [1.29, 1.82) is 0 Å². The van der Waals surface area contributed by atoms with Crippen LogP contribution in [0.15, 0.2) is 24.5 Å². The standard InChI is InChI=1S/C14H16N6S/c1-9-4-2-7-16-11(9)13-19-20-12(17-18-14(20)21-13)10-5-3-6-15-8-10/h3,5-6,8-9,11,16H,2,4,7H2,1H3. The molecule has 2 atom stereocenters. The minimum Gasteiger partial charge on any atom is -0.308 e. The Kier molecular flexibility index (Phi) is 3.16. The number of hydrogen-bond acceptors (Lipinski definition) is 6. The van der Waals surface area contributed by atoms with Crippen LogP contribution in [-0.4, -0.2) is 31.3 Å². The highest BCUT2D eigenvalue weighted by molar-refractivity contribution is 7.16. The smallest absolute Gasteiger partial charge is 0.235 e. The normalized spacial score (nSPS) is 22.7. The van der Waals surface area contributed by atoms with E-state index < -0.39 is 0 Å². The van der Waals surface area contributed by atoms with Gasteiger partial charge in [0.25, 0.3) is 0 Å². The zero-order chi connectivity index (χ0) is 14.2. The Morgan fingerprint density at radius 3 is 3.14 bits per heavy atom. The van der Waals surface area contributed by atoms with Crippen molar-refractivity contribution in [3.8, 4) is 11.4 Å². The SMILES string of the molecule is CC1CCCNC1c1nn2c(-c3cccnc3)nnc2s1. The number of rotatable bonds is 2. The second kappa shape index (κ2) is 5.16. The molecule has 21 heavy (non-hydrogen) atoms. The number of nitrogens with zero attached hydrogens (tertiary/aromatic N) is 5. The van der Waals surface area contributed by atoms with Gasteiger partial charge in [-0.25, -0.2) is 0 Å². The summed E-state index contributed by atoms with van der Waals surface area (Å²) in [6, 6.07) is 4.20. The lowest BCUT2D eigenvalue weighted by atomic mass is 9.93. The minimum absolute atomic E-state index is 0.326. The molecule has 3 aromatic heterocycles. The van der Waals surface area contributed by atoms with Crippen LogP contribution in [0.2, 0.25) is 0 Å². The van der Waals surface area contributed by atoms with Gasteiger partial charge in [0, 0.05) is 18.0 Å². The van der Waals surface area contributed by atoms with Crippen LogP contribution < -0.4 is 5.32 Å². The maximum Gasteiger partial charge on any atom is 0.235 e. The summed E-state index contributed by atoms with van der Waals surface area (Å²) in [6.07, 6.45) is 6.02. The van der Waals surface area contributed by atoms with Crippen molar-refractivity contribution >= 4 is 16.3 Å². The number of fused-ring (bicyclic) bond motifs is 1. The Bertz CT molecular complexity index is 749. The molecule has 0 aromatic carbocycles. The monoisotopic (exact) mass is 300 g/mol.